The molecule has 2 aromatic carbocycles. The van der Waals surface area contributed by atoms with Gasteiger partial charge < -0.3 is 24.8 Å². The van der Waals surface area contributed by atoms with E-state index in [1.165, 1.54) is 29.8 Å². The largest absolute Gasteiger partial charge is 0.508 e. The van der Waals surface area contributed by atoms with Gasteiger partial charge in [0.2, 0.25) is 0 Å². The van der Waals surface area contributed by atoms with Crippen LogP contribution in [0.25, 0.3) is 32.9 Å². The van der Waals surface area contributed by atoms with Gasteiger partial charge in [0, 0.05) is 42.8 Å². The topological polar surface area (TPSA) is 95.9 Å². The number of aromatic hydroxyl groups is 1. The predicted molar refractivity (Wildman–Crippen MR) is 183 cm³/mol. The fourth-order valence-electron chi connectivity index (χ4n) is 8.73. The van der Waals surface area contributed by atoms with E-state index in [1.807, 2.05) is 0 Å². The summed E-state index contributed by atoms with van der Waals surface area (Å²) < 4.78 is 44.6. The van der Waals surface area contributed by atoms with Crippen molar-refractivity contribution in [3.63, 3.8) is 0 Å². The summed E-state index contributed by atoms with van der Waals surface area (Å²) in [4.78, 5) is 18.8. The van der Waals surface area contributed by atoms with E-state index in [1.54, 1.807) is 6.20 Å². The molecule has 5 fully saturated rings. The second-order valence-corrected chi connectivity index (χ2v) is 14.7. The minimum Gasteiger partial charge on any atom is -0.508 e. The average Bonchev–Trinajstić information content (AvgIpc) is 3.67. The van der Waals surface area contributed by atoms with Crippen molar-refractivity contribution in [1.82, 2.24) is 25.2 Å². The molecule has 6 heterocycles. The molecule has 252 valence electrons. The third kappa shape index (κ3) is 5.20. The number of hydrogen-bond acceptors (Lipinski definition) is 9. The maximum atomic E-state index is 17.0. The Balaban J connectivity index is 1.17. The number of nitrogens with zero attached hydrogens (tertiary/aromatic N) is 5. The van der Waals surface area contributed by atoms with Gasteiger partial charge in [0.25, 0.3) is 0 Å². The number of ether oxygens (including phenoxy) is 2. The third-order valence-electron chi connectivity index (χ3n) is 11.1. The maximum Gasteiger partial charge on any atom is 0.319 e. The number of phenolic OH excluding ortho intramolecular Hbond substituents is 1. The molecule has 9 nitrogen and oxygen atoms in total. The van der Waals surface area contributed by atoms with Gasteiger partial charge in [0.1, 0.15) is 35.2 Å². The Hall–Kier alpha value is -4.37. The lowest BCUT2D eigenvalue weighted by atomic mass is 9.94. The summed E-state index contributed by atoms with van der Waals surface area (Å²) in [6.45, 7) is 8.36. The number of benzene rings is 2. The van der Waals surface area contributed by atoms with Gasteiger partial charge in [-0.1, -0.05) is 24.1 Å². The summed E-state index contributed by atoms with van der Waals surface area (Å²) in [5.41, 5.74) is 0.840. The van der Waals surface area contributed by atoms with Crippen LogP contribution >= 0.6 is 0 Å². The maximum absolute atomic E-state index is 17.0. The van der Waals surface area contributed by atoms with Crippen molar-refractivity contribution in [2.45, 2.75) is 68.2 Å². The summed E-state index contributed by atoms with van der Waals surface area (Å²) in [6, 6.07) is 5.89. The number of halogens is 2. The van der Waals surface area contributed by atoms with Crippen LogP contribution in [0.15, 0.2) is 42.6 Å². The smallest absolute Gasteiger partial charge is 0.319 e. The number of nitrogens with one attached hydrogen (secondary N) is 1. The Morgan fingerprint density at radius 1 is 1.14 bits per heavy atom. The van der Waals surface area contributed by atoms with Crippen LogP contribution in [0.4, 0.5) is 14.6 Å². The molecule has 4 aliphatic heterocycles. The highest BCUT2D eigenvalue weighted by Gasteiger charge is 2.48. The van der Waals surface area contributed by atoms with E-state index in [4.69, 9.17) is 20.9 Å². The van der Waals surface area contributed by atoms with Crippen molar-refractivity contribution in [3.05, 3.63) is 59.8 Å². The first-order valence-corrected chi connectivity index (χ1v) is 17.2. The molecule has 1 saturated carbocycles. The number of aromatic nitrogens is 3. The van der Waals surface area contributed by atoms with E-state index in [2.05, 4.69) is 37.6 Å². The Bertz CT molecular complexity index is 2080. The number of phenols is 1. The molecule has 3 atom stereocenters. The van der Waals surface area contributed by atoms with Crippen LogP contribution in [-0.2, 0) is 4.74 Å². The lowest BCUT2D eigenvalue weighted by Gasteiger charge is -2.42. The van der Waals surface area contributed by atoms with Crippen LogP contribution in [0.3, 0.4) is 0 Å². The van der Waals surface area contributed by atoms with E-state index >= 15 is 4.39 Å². The molecule has 1 aliphatic carbocycles. The molecule has 9 rings (SSSR count). The van der Waals surface area contributed by atoms with E-state index in [0.717, 1.165) is 58.0 Å². The van der Waals surface area contributed by atoms with E-state index in [0.29, 0.717) is 49.0 Å². The van der Waals surface area contributed by atoms with E-state index in [9.17, 15) is 9.50 Å². The minimum absolute atomic E-state index is 0.0327. The molecule has 2 N–H and O–H groups in total. The standard InChI is InChI=1S/C38H38F2N6O3/c1-3-27-30(39)8-5-23-13-25(47)14-28(31(23)27)33-32(40)34-29(16-41-33)35(45-18-24-9-11-37(19-45,44-24)20-48-26-6-7-26)43-36(42-34)49-21-38-10-4-12-46(38)17-22(2)15-38/h1,5,8,13-14,16,24,26,44,47H,2,4,6-7,9-12,15,17-21H2/t24?,37?,38-/m0/s1. The number of terminal acetylenes is 1. The fourth-order valence-corrected chi connectivity index (χ4v) is 8.73. The van der Waals surface area contributed by atoms with Gasteiger partial charge in [-0.05, 0) is 75.1 Å². The Kier molecular flexibility index (Phi) is 7.10. The van der Waals surface area contributed by atoms with Gasteiger partial charge in [-0.25, -0.2) is 8.78 Å². The molecule has 0 radical (unpaired) electrons. The summed E-state index contributed by atoms with van der Waals surface area (Å²) in [7, 11) is 0. The van der Waals surface area contributed by atoms with Crippen molar-refractivity contribution >= 4 is 27.5 Å². The van der Waals surface area contributed by atoms with Crippen LogP contribution in [-0.4, -0.2) is 87.6 Å². The molecule has 2 aromatic heterocycles. The fraction of sp³-hybridized carbons (Fsp3) is 0.447. The van der Waals surface area contributed by atoms with Gasteiger partial charge in [0.15, 0.2) is 5.82 Å². The number of rotatable bonds is 8. The van der Waals surface area contributed by atoms with E-state index < -0.39 is 11.6 Å². The minimum atomic E-state index is -0.732. The Morgan fingerprint density at radius 2 is 2.02 bits per heavy atom. The molecule has 11 heteroatoms. The summed E-state index contributed by atoms with van der Waals surface area (Å²) in [5.74, 6) is 1.48. The number of piperazine rings is 1. The highest BCUT2D eigenvalue weighted by Crippen LogP contribution is 2.43. The second-order valence-electron chi connectivity index (χ2n) is 14.7. The highest BCUT2D eigenvalue weighted by atomic mass is 19.1. The molecular formula is C38H38F2N6O3. The monoisotopic (exact) mass is 664 g/mol. The van der Waals surface area contributed by atoms with Crippen molar-refractivity contribution in [2.24, 2.45) is 0 Å². The van der Waals surface area contributed by atoms with Crippen molar-refractivity contribution in [3.8, 4) is 35.4 Å². The number of anilines is 1. The lowest BCUT2D eigenvalue weighted by Crippen LogP contribution is -2.62. The number of hydrogen-bond donors (Lipinski definition) is 2. The summed E-state index contributed by atoms with van der Waals surface area (Å²) in [5, 5.41) is 15.6. The molecular weight excluding hydrogens is 626 g/mol. The molecule has 2 bridgehead atoms. The van der Waals surface area contributed by atoms with Crippen molar-refractivity contribution < 1.29 is 23.4 Å². The first kappa shape index (κ1) is 30.7. The second kappa shape index (κ2) is 11.3. The Labute approximate surface area is 283 Å². The van der Waals surface area contributed by atoms with Gasteiger partial charge in [-0.2, -0.15) is 9.97 Å². The quantitative estimate of drug-likeness (QED) is 0.188. The van der Waals surface area contributed by atoms with Crippen LogP contribution in [0.5, 0.6) is 11.8 Å². The molecule has 2 unspecified atom stereocenters. The highest BCUT2D eigenvalue weighted by molar-refractivity contribution is 6.03. The lowest BCUT2D eigenvalue weighted by molar-refractivity contribution is 0.0606. The molecule has 5 aliphatic rings. The Morgan fingerprint density at radius 3 is 2.86 bits per heavy atom. The predicted octanol–water partition coefficient (Wildman–Crippen LogP) is 5.47. The van der Waals surface area contributed by atoms with Crippen LogP contribution in [0.1, 0.15) is 50.5 Å². The zero-order chi connectivity index (χ0) is 33.5. The van der Waals surface area contributed by atoms with Crippen LogP contribution in [0.2, 0.25) is 0 Å². The van der Waals surface area contributed by atoms with Gasteiger partial charge in [-0.15, -0.1) is 6.42 Å². The zero-order valence-electron chi connectivity index (χ0n) is 27.3. The number of fused-ring (bicyclic) bond motifs is 5. The zero-order valence-corrected chi connectivity index (χ0v) is 27.3. The van der Waals surface area contributed by atoms with E-state index in [-0.39, 0.29) is 56.6 Å². The first-order chi connectivity index (χ1) is 23.7. The van der Waals surface area contributed by atoms with Gasteiger partial charge in [-0.3, -0.25) is 9.88 Å². The van der Waals surface area contributed by atoms with Crippen LogP contribution in [0, 0.1) is 24.0 Å². The molecule has 4 saturated heterocycles. The van der Waals surface area contributed by atoms with Gasteiger partial charge in [0.05, 0.1) is 34.7 Å². The molecule has 0 amide bonds. The van der Waals surface area contributed by atoms with Gasteiger partial charge >= 0.3 is 6.01 Å². The third-order valence-corrected chi connectivity index (χ3v) is 11.1. The molecule has 0 spiro atoms. The molecule has 4 aromatic rings. The molecule has 49 heavy (non-hydrogen) atoms. The summed E-state index contributed by atoms with van der Waals surface area (Å²) >= 11 is 0. The first-order valence-electron chi connectivity index (χ1n) is 17.2. The summed E-state index contributed by atoms with van der Waals surface area (Å²) in [6.07, 6.45) is 14.7. The number of pyridine rings is 1. The SMILES string of the molecule is C#Cc1c(F)ccc2cc(O)cc(-c3ncc4c(N5CC6CCC(COC7CC7)(C5)N6)nc(OC[C@@]56CCCN5CC(=C)C6)nc4c3F)c12. The van der Waals surface area contributed by atoms with Crippen molar-refractivity contribution in [2.75, 3.05) is 44.3 Å². The van der Waals surface area contributed by atoms with Crippen LogP contribution < -0.4 is 15.0 Å². The van der Waals surface area contributed by atoms with Crippen molar-refractivity contribution in [1.29, 1.82) is 0 Å². The average molecular weight is 665 g/mol. The normalized spacial score (nSPS) is 26.5.